The molecule has 1 aliphatic rings. The van der Waals surface area contributed by atoms with E-state index in [1.807, 2.05) is 35.2 Å². The van der Waals surface area contributed by atoms with E-state index in [1.54, 1.807) is 18.2 Å². The number of anilines is 1. The molecule has 1 aromatic heterocycles. The Bertz CT molecular complexity index is 1480. The summed E-state index contributed by atoms with van der Waals surface area (Å²) in [5, 5.41) is 0.847. The molecule has 174 valence electrons. The standard InChI is InChI=1S/C26H24N2O4S2/c1-27(34(30,31)23-10-8-22(32-2)9-11-23)21-7-12-24-20(15-21)16-25(33-24)26(29)28-14-13-18-5-3-4-6-19(18)17-28/h3-12,15-16H,13-14,17H2,1-2H3. The number of hydrogen-bond acceptors (Lipinski definition) is 5. The summed E-state index contributed by atoms with van der Waals surface area (Å²) in [6.45, 7) is 1.30. The van der Waals surface area contributed by atoms with Gasteiger partial charge >= 0.3 is 0 Å². The molecule has 0 radical (unpaired) electrons. The van der Waals surface area contributed by atoms with Gasteiger partial charge in [0.1, 0.15) is 5.75 Å². The molecule has 0 aliphatic carbocycles. The van der Waals surface area contributed by atoms with Crippen molar-refractivity contribution in [2.75, 3.05) is 25.0 Å². The molecule has 2 heterocycles. The molecule has 0 unspecified atom stereocenters. The minimum Gasteiger partial charge on any atom is -0.497 e. The number of fused-ring (bicyclic) bond motifs is 2. The number of carbonyl (C=O) groups excluding carboxylic acids is 1. The van der Waals surface area contributed by atoms with Gasteiger partial charge in [0.05, 0.1) is 22.6 Å². The van der Waals surface area contributed by atoms with Crippen molar-refractivity contribution in [3.63, 3.8) is 0 Å². The molecule has 0 bridgehead atoms. The van der Waals surface area contributed by atoms with Crippen LogP contribution in [0.4, 0.5) is 5.69 Å². The van der Waals surface area contributed by atoms with Crippen LogP contribution in [0.3, 0.4) is 0 Å². The molecule has 6 nitrogen and oxygen atoms in total. The average Bonchev–Trinajstić information content (AvgIpc) is 3.31. The molecule has 0 fully saturated rings. The van der Waals surface area contributed by atoms with Crippen molar-refractivity contribution in [3.05, 3.63) is 88.8 Å². The Hall–Kier alpha value is -3.36. The van der Waals surface area contributed by atoms with Crippen molar-refractivity contribution in [1.29, 1.82) is 0 Å². The van der Waals surface area contributed by atoms with E-state index in [4.69, 9.17) is 4.74 Å². The second kappa shape index (κ2) is 8.77. The van der Waals surface area contributed by atoms with Gasteiger partial charge < -0.3 is 9.64 Å². The Labute approximate surface area is 203 Å². The highest BCUT2D eigenvalue weighted by Crippen LogP contribution is 2.33. The Kier molecular flexibility index (Phi) is 5.79. The van der Waals surface area contributed by atoms with Crippen molar-refractivity contribution in [2.45, 2.75) is 17.9 Å². The molecule has 8 heteroatoms. The molecule has 0 N–H and O–H groups in total. The topological polar surface area (TPSA) is 66.9 Å². The van der Waals surface area contributed by atoms with Gasteiger partial charge in [-0.15, -0.1) is 11.3 Å². The molecular formula is C26H24N2O4S2. The second-order valence-corrected chi connectivity index (χ2v) is 11.3. The summed E-state index contributed by atoms with van der Waals surface area (Å²) >= 11 is 1.44. The zero-order valence-electron chi connectivity index (χ0n) is 18.9. The van der Waals surface area contributed by atoms with Crippen LogP contribution in [0, 0.1) is 0 Å². The maximum absolute atomic E-state index is 13.2. The minimum atomic E-state index is -3.73. The molecule has 0 saturated heterocycles. The van der Waals surface area contributed by atoms with E-state index >= 15 is 0 Å². The highest BCUT2D eigenvalue weighted by atomic mass is 32.2. The van der Waals surface area contributed by atoms with Gasteiger partial charge in [0, 0.05) is 24.8 Å². The van der Waals surface area contributed by atoms with Crippen LogP contribution >= 0.6 is 11.3 Å². The number of ether oxygens (including phenoxy) is 1. The van der Waals surface area contributed by atoms with Crippen molar-refractivity contribution in [3.8, 4) is 5.75 Å². The highest BCUT2D eigenvalue weighted by molar-refractivity contribution is 7.92. The van der Waals surface area contributed by atoms with E-state index in [0.717, 1.165) is 16.5 Å². The summed E-state index contributed by atoms with van der Waals surface area (Å²) in [6, 6.07) is 21.9. The van der Waals surface area contributed by atoms with Crippen LogP contribution in [0.15, 0.2) is 77.7 Å². The lowest BCUT2D eigenvalue weighted by Crippen LogP contribution is -2.35. The van der Waals surface area contributed by atoms with Gasteiger partial charge in [-0.1, -0.05) is 24.3 Å². The predicted molar refractivity (Wildman–Crippen MR) is 135 cm³/mol. The second-order valence-electron chi connectivity index (χ2n) is 8.23. The fourth-order valence-electron chi connectivity index (χ4n) is 4.20. The third kappa shape index (κ3) is 4.03. The molecule has 1 amide bonds. The van der Waals surface area contributed by atoms with E-state index in [9.17, 15) is 13.2 Å². The number of nitrogens with zero attached hydrogens (tertiary/aromatic N) is 2. The zero-order chi connectivity index (χ0) is 23.9. The lowest BCUT2D eigenvalue weighted by atomic mass is 10.00. The molecule has 1 aliphatic heterocycles. The summed E-state index contributed by atoms with van der Waals surface area (Å²) in [7, 11) is -0.666. The molecule has 34 heavy (non-hydrogen) atoms. The van der Waals surface area contributed by atoms with Crippen LogP contribution in [0.2, 0.25) is 0 Å². The van der Waals surface area contributed by atoms with E-state index in [2.05, 4.69) is 12.1 Å². The number of sulfonamides is 1. The van der Waals surface area contributed by atoms with Crippen LogP contribution in [0.5, 0.6) is 5.75 Å². The third-order valence-electron chi connectivity index (χ3n) is 6.21. The molecule has 0 saturated carbocycles. The Balaban J connectivity index is 1.40. The first-order valence-electron chi connectivity index (χ1n) is 10.9. The zero-order valence-corrected chi connectivity index (χ0v) is 20.5. The third-order valence-corrected chi connectivity index (χ3v) is 9.11. The predicted octanol–water partition coefficient (Wildman–Crippen LogP) is 4.93. The smallest absolute Gasteiger partial charge is 0.264 e. The largest absolute Gasteiger partial charge is 0.497 e. The van der Waals surface area contributed by atoms with Gasteiger partial charge in [0.2, 0.25) is 0 Å². The fourth-order valence-corrected chi connectivity index (χ4v) is 6.40. The van der Waals surface area contributed by atoms with Gasteiger partial charge in [0.25, 0.3) is 15.9 Å². The lowest BCUT2D eigenvalue weighted by Gasteiger charge is -2.28. The SMILES string of the molecule is COc1ccc(S(=O)(=O)N(C)c2ccc3sc(C(=O)N4CCc5ccccc5C4)cc3c2)cc1. The Morgan fingerprint density at radius 2 is 1.74 bits per heavy atom. The van der Waals surface area contributed by atoms with Gasteiger partial charge in [-0.3, -0.25) is 9.10 Å². The monoisotopic (exact) mass is 492 g/mol. The summed E-state index contributed by atoms with van der Waals surface area (Å²) in [5.41, 5.74) is 3.02. The fraction of sp³-hybridized carbons (Fsp3) is 0.192. The van der Waals surface area contributed by atoms with Crippen molar-refractivity contribution in [1.82, 2.24) is 4.90 Å². The molecule has 0 spiro atoms. The first-order chi connectivity index (χ1) is 16.4. The Morgan fingerprint density at radius 1 is 1.00 bits per heavy atom. The maximum atomic E-state index is 13.2. The number of benzene rings is 3. The van der Waals surface area contributed by atoms with Gasteiger partial charge in [0.15, 0.2) is 0 Å². The highest BCUT2D eigenvalue weighted by Gasteiger charge is 2.24. The van der Waals surface area contributed by atoms with Gasteiger partial charge in [-0.2, -0.15) is 0 Å². The Morgan fingerprint density at radius 3 is 2.47 bits per heavy atom. The maximum Gasteiger partial charge on any atom is 0.264 e. The van der Waals surface area contributed by atoms with Crippen molar-refractivity contribution < 1.29 is 17.9 Å². The van der Waals surface area contributed by atoms with E-state index < -0.39 is 10.0 Å². The van der Waals surface area contributed by atoms with E-state index in [-0.39, 0.29) is 10.8 Å². The van der Waals surface area contributed by atoms with Crippen LogP contribution in [0.1, 0.15) is 20.8 Å². The summed E-state index contributed by atoms with van der Waals surface area (Å²) in [6.07, 6.45) is 0.852. The van der Waals surface area contributed by atoms with E-state index in [1.165, 1.54) is 53.1 Å². The average molecular weight is 493 g/mol. The minimum absolute atomic E-state index is 0.0106. The van der Waals surface area contributed by atoms with Gasteiger partial charge in [-0.25, -0.2) is 8.42 Å². The number of hydrogen-bond donors (Lipinski definition) is 0. The number of carbonyl (C=O) groups is 1. The van der Waals surface area contributed by atoms with Crippen LogP contribution in [-0.4, -0.2) is 39.9 Å². The quantitative estimate of drug-likeness (QED) is 0.396. The number of rotatable bonds is 5. The summed E-state index contributed by atoms with van der Waals surface area (Å²) in [5.74, 6) is 0.604. The molecule has 3 aromatic carbocycles. The van der Waals surface area contributed by atoms with Gasteiger partial charge in [-0.05, 0) is 71.5 Å². The van der Waals surface area contributed by atoms with Crippen molar-refractivity contribution in [2.24, 2.45) is 0 Å². The number of thiophene rings is 1. The molecule has 0 atom stereocenters. The number of amides is 1. The van der Waals surface area contributed by atoms with Crippen molar-refractivity contribution >= 4 is 43.0 Å². The summed E-state index contributed by atoms with van der Waals surface area (Å²) in [4.78, 5) is 15.9. The number of methoxy groups -OCH3 is 1. The van der Waals surface area contributed by atoms with Crippen LogP contribution in [0.25, 0.3) is 10.1 Å². The van der Waals surface area contributed by atoms with E-state index in [0.29, 0.717) is 29.4 Å². The first-order valence-corrected chi connectivity index (χ1v) is 13.1. The normalized spacial score (nSPS) is 13.5. The molecular weight excluding hydrogens is 468 g/mol. The summed E-state index contributed by atoms with van der Waals surface area (Å²) < 4.78 is 33.6. The van der Waals surface area contributed by atoms with Crippen LogP contribution in [-0.2, 0) is 23.0 Å². The van der Waals surface area contributed by atoms with Crippen LogP contribution < -0.4 is 9.04 Å². The lowest BCUT2D eigenvalue weighted by molar-refractivity contribution is 0.0739. The first kappa shape index (κ1) is 22.4. The molecule has 5 rings (SSSR count). The molecule has 4 aromatic rings.